The van der Waals surface area contributed by atoms with E-state index in [2.05, 4.69) is 0 Å². The zero-order valence-corrected chi connectivity index (χ0v) is 8.69. The van der Waals surface area contributed by atoms with Crippen LogP contribution >= 0.6 is 0 Å². The molecule has 0 aliphatic rings. The summed E-state index contributed by atoms with van der Waals surface area (Å²) >= 11 is 0. The molecule has 0 bridgehead atoms. The van der Waals surface area contributed by atoms with E-state index in [1.807, 2.05) is 13.8 Å². The highest BCUT2D eigenvalue weighted by Crippen LogP contribution is 2.10. The SMILES string of the molecule is CCC(C)C(C)OC(=O)/C=C\C(=O)O. The predicted molar refractivity (Wildman–Crippen MR) is 51.8 cm³/mol. The zero-order chi connectivity index (χ0) is 11.1. The van der Waals surface area contributed by atoms with Crippen molar-refractivity contribution in [3.05, 3.63) is 12.2 Å². The van der Waals surface area contributed by atoms with Gasteiger partial charge >= 0.3 is 11.9 Å². The normalized spacial score (nSPS) is 15.1. The van der Waals surface area contributed by atoms with Gasteiger partial charge in [-0.2, -0.15) is 0 Å². The number of rotatable bonds is 5. The van der Waals surface area contributed by atoms with Crippen LogP contribution < -0.4 is 0 Å². The molecular formula is C10H16O4. The molecule has 0 aromatic heterocycles. The molecule has 2 unspecified atom stereocenters. The highest BCUT2D eigenvalue weighted by Gasteiger charge is 2.13. The summed E-state index contributed by atoms with van der Waals surface area (Å²) in [6.45, 7) is 5.77. The van der Waals surface area contributed by atoms with Gasteiger partial charge in [0.25, 0.3) is 0 Å². The third-order valence-corrected chi connectivity index (χ3v) is 2.11. The van der Waals surface area contributed by atoms with Crippen molar-refractivity contribution in [1.29, 1.82) is 0 Å². The topological polar surface area (TPSA) is 63.6 Å². The number of carbonyl (C=O) groups excluding carboxylic acids is 1. The van der Waals surface area contributed by atoms with Gasteiger partial charge in [0.1, 0.15) is 6.10 Å². The average molecular weight is 200 g/mol. The average Bonchev–Trinajstić information content (AvgIpc) is 2.13. The van der Waals surface area contributed by atoms with Crippen molar-refractivity contribution in [3.8, 4) is 0 Å². The van der Waals surface area contributed by atoms with Crippen LogP contribution in [0.5, 0.6) is 0 Å². The molecule has 0 amide bonds. The molecule has 0 heterocycles. The van der Waals surface area contributed by atoms with Gasteiger partial charge in [-0.25, -0.2) is 9.59 Å². The van der Waals surface area contributed by atoms with Crippen molar-refractivity contribution in [2.24, 2.45) is 5.92 Å². The molecule has 0 saturated heterocycles. The Labute approximate surface area is 83.6 Å². The monoisotopic (exact) mass is 200 g/mol. The predicted octanol–water partition coefficient (Wildman–Crippen LogP) is 1.60. The Morgan fingerprint density at radius 2 is 1.93 bits per heavy atom. The van der Waals surface area contributed by atoms with Crippen LogP contribution in [-0.4, -0.2) is 23.1 Å². The quantitative estimate of drug-likeness (QED) is 0.541. The molecule has 0 radical (unpaired) electrons. The number of aliphatic carboxylic acids is 1. The highest BCUT2D eigenvalue weighted by atomic mass is 16.5. The molecule has 0 spiro atoms. The molecule has 0 aliphatic carbocycles. The van der Waals surface area contributed by atoms with E-state index in [9.17, 15) is 9.59 Å². The summed E-state index contributed by atoms with van der Waals surface area (Å²) in [4.78, 5) is 21.1. The maximum Gasteiger partial charge on any atom is 0.331 e. The van der Waals surface area contributed by atoms with Crippen LogP contribution in [0.25, 0.3) is 0 Å². The standard InChI is InChI=1S/C10H16O4/c1-4-7(2)8(3)14-10(13)6-5-9(11)12/h5-8H,4H2,1-3H3,(H,11,12)/b6-5-. The Kier molecular flexibility index (Phi) is 5.60. The van der Waals surface area contributed by atoms with Crippen molar-refractivity contribution in [2.45, 2.75) is 33.3 Å². The largest absolute Gasteiger partial charge is 0.478 e. The Morgan fingerprint density at radius 3 is 2.36 bits per heavy atom. The van der Waals surface area contributed by atoms with Crippen LogP contribution in [0, 0.1) is 5.92 Å². The number of ether oxygens (including phenoxy) is 1. The summed E-state index contributed by atoms with van der Waals surface area (Å²) < 4.78 is 4.96. The van der Waals surface area contributed by atoms with E-state index in [0.29, 0.717) is 0 Å². The second-order valence-electron chi connectivity index (χ2n) is 3.20. The van der Waals surface area contributed by atoms with E-state index in [4.69, 9.17) is 9.84 Å². The summed E-state index contributed by atoms with van der Waals surface area (Å²) in [5.74, 6) is -1.49. The number of esters is 1. The van der Waals surface area contributed by atoms with Gasteiger partial charge in [0.05, 0.1) is 0 Å². The summed E-state index contributed by atoms with van der Waals surface area (Å²) in [7, 11) is 0. The molecule has 1 N–H and O–H groups in total. The number of hydrogen-bond acceptors (Lipinski definition) is 3. The van der Waals surface area contributed by atoms with Gasteiger partial charge in [-0.3, -0.25) is 0 Å². The molecular weight excluding hydrogens is 184 g/mol. The molecule has 80 valence electrons. The third-order valence-electron chi connectivity index (χ3n) is 2.11. The molecule has 0 saturated carbocycles. The molecule has 4 nitrogen and oxygen atoms in total. The Bertz CT molecular complexity index is 232. The maximum atomic E-state index is 11.0. The fraction of sp³-hybridized carbons (Fsp3) is 0.600. The lowest BCUT2D eigenvalue weighted by atomic mass is 10.0. The first kappa shape index (κ1) is 12.7. The van der Waals surface area contributed by atoms with Crippen LogP contribution in [0.1, 0.15) is 27.2 Å². The molecule has 2 atom stereocenters. The van der Waals surface area contributed by atoms with E-state index in [1.54, 1.807) is 6.92 Å². The summed E-state index contributed by atoms with van der Waals surface area (Å²) in [6, 6.07) is 0. The number of carboxylic acids is 1. The summed E-state index contributed by atoms with van der Waals surface area (Å²) in [5, 5.41) is 8.26. The first-order valence-electron chi connectivity index (χ1n) is 4.59. The van der Waals surface area contributed by atoms with Gasteiger partial charge in [-0.15, -0.1) is 0 Å². The molecule has 0 aromatic rings. The Balaban J connectivity index is 4.00. The van der Waals surface area contributed by atoms with Crippen molar-refractivity contribution in [1.82, 2.24) is 0 Å². The van der Waals surface area contributed by atoms with Gasteiger partial charge in [0.2, 0.25) is 0 Å². The van der Waals surface area contributed by atoms with E-state index in [-0.39, 0.29) is 12.0 Å². The van der Waals surface area contributed by atoms with E-state index >= 15 is 0 Å². The second kappa shape index (κ2) is 6.18. The van der Waals surface area contributed by atoms with Crippen LogP contribution in [0.2, 0.25) is 0 Å². The zero-order valence-electron chi connectivity index (χ0n) is 8.69. The van der Waals surface area contributed by atoms with Crippen LogP contribution in [0.4, 0.5) is 0 Å². The van der Waals surface area contributed by atoms with Gasteiger partial charge < -0.3 is 9.84 Å². The minimum atomic E-state index is -1.15. The molecule has 4 heteroatoms. The first-order valence-corrected chi connectivity index (χ1v) is 4.59. The van der Waals surface area contributed by atoms with Gasteiger partial charge in [-0.05, 0) is 12.8 Å². The van der Waals surface area contributed by atoms with Crippen LogP contribution in [-0.2, 0) is 14.3 Å². The highest BCUT2D eigenvalue weighted by molar-refractivity contribution is 5.90. The molecule has 14 heavy (non-hydrogen) atoms. The first-order chi connectivity index (χ1) is 6.47. The summed E-state index contributed by atoms with van der Waals surface area (Å²) in [5.41, 5.74) is 0. The minimum absolute atomic E-state index is 0.189. The third kappa shape index (κ3) is 5.35. The molecule has 0 aromatic carbocycles. The maximum absolute atomic E-state index is 11.0. The van der Waals surface area contributed by atoms with Crippen molar-refractivity contribution < 1.29 is 19.4 Å². The Hall–Kier alpha value is -1.32. The smallest absolute Gasteiger partial charge is 0.331 e. The minimum Gasteiger partial charge on any atom is -0.478 e. The molecule has 0 aliphatic heterocycles. The van der Waals surface area contributed by atoms with Crippen LogP contribution in [0.3, 0.4) is 0 Å². The fourth-order valence-electron chi connectivity index (χ4n) is 0.810. The molecule has 0 rings (SSSR count). The van der Waals surface area contributed by atoms with E-state index in [1.165, 1.54) is 0 Å². The number of carboxylic acid groups (broad SMARTS) is 1. The lowest BCUT2D eigenvalue weighted by molar-refractivity contribution is -0.145. The van der Waals surface area contributed by atoms with Crippen LogP contribution in [0.15, 0.2) is 12.2 Å². The lowest BCUT2D eigenvalue weighted by Crippen LogP contribution is -2.20. The van der Waals surface area contributed by atoms with E-state index < -0.39 is 11.9 Å². The van der Waals surface area contributed by atoms with Crippen molar-refractivity contribution >= 4 is 11.9 Å². The van der Waals surface area contributed by atoms with Gasteiger partial charge in [0, 0.05) is 12.2 Å². The van der Waals surface area contributed by atoms with Gasteiger partial charge in [-0.1, -0.05) is 20.3 Å². The van der Waals surface area contributed by atoms with E-state index in [0.717, 1.165) is 18.6 Å². The molecule has 0 fully saturated rings. The Morgan fingerprint density at radius 1 is 1.36 bits per heavy atom. The number of carbonyl (C=O) groups is 2. The van der Waals surface area contributed by atoms with Crippen molar-refractivity contribution in [3.63, 3.8) is 0 Å². The summed E-state index contributed by atoms with van der Waals surface area (Å²) in [6.07, 6.45) is 2.41. The fourth-order valence-corrected chi connectivity index (χ4v) is 0.810. The number of hydrogen-bond donors (Lipinski definition) is 1. The lowest BCUT2D eigenvalue weighted by Gasteiger charge is -2.17. The second-order valence-corrected chi connectivity index (χ2v) is 3.20. The van der Waals surface area contributed by atoms with Crippen molar-refractivity contribution in [2.75, 3.05) is 0 Å². The van der Waals surface area contributed by atoms with Gasteiger partial charge in [0.15, 0.2) is 0 Å².